The van der Waals surface area contributed by atoms with Crippen molar-refractivity contribution in [1.82, 2.24) is 4.90 Å². The van der Waals surface area contributed by atoms with E-state index >= 15 is 0 Å². The molecule has 0 aromatic rings. The van der Waals surface area contributed by atoms with Crippen LogP contribution in [0.4, 0.5) is 0 Å². The van der Waals surface area contributed by atoms with Crippen LogP contribution in [0.3, 0.4) is 0 Å². The molecule has 1 N–H and O–H groups in total. The Labute approximate surface area is 78.5 Å². The summed E-state index contributed by atoms with van der Waals surface area (Å²) in [4.78, 5) is 12.8. The monoisotopic (exact) mass is 187 g/mol. The average Bonchev–Trinajstić information content (AvgIpc) is 2.03. The van der Waals surface area contributed by atoms with Crippen molar-refractivity contribution in [2.24, 2.45) is 5.92 Å². The van der Waals surface area contributed by atoms with Gasteiger partial charge in [-0.15, -0.1) is 0 Å². The topological polar surface area (TPSA) is 49.8 Å². The summed E-state index contributed by atoms with van der Waals surface area (Å²) in [6.45, 7) is 7.11. The van der Waals surface area contributed by atoms with Crippen LogP contribution >= 0.6 is 0 Å². The second kappa shape index (κ2) is 4.58. The lowest BCUT2D eigenvalue weighted by Gasteiger charge is -2.31. The Morgan fingerprint density at radius 1 is 1.69 bits per heavy atom. The fourth-order valence-electron chi connectivity index (χ4n) is 1.53. The fourth-order valence-corrected chi connectivity index (χ4v) is 1.53. The molecule has 1 saturated heterocycles. The van der Waals surface area contributed by atoms with Crippen LogP contribution < -0.4 is 0 Å². The molecule has 1 atom stereocenters. The molecule has 76 valence electrons. The van der Waals surface area contributed by atoms with E-state index in [1.807, 2.05) is 0 Å². The van der Waals surface area contributed by atoms with Crippen molar-refractivity contribution in [2.75, 3.05) is 26.2 Å². The molecule has 13 heavy (non-hydrogen) atoms. The zero-order valence-electron chi connectivity index (χ0n) is 8.19. The third-order valence-corrected chi connectivity index (χ3v) is 2.05. The van der Waals surface area contributed by atoms with E-state index in [2.05, 4.69) is 18.7 Å². The Morgan fingerprint density at radius 3 is 2.92 bits per heavy atom. The van der Waals surface area contributed by atoms with E-state index in [9.17, 15) is 4.79 Å². The van der Waals surface area contributed by atoms with Gasteiger partial charge in [-0.25, -0.2) is 4.79 Å². The van der Waals surface area contributed by atoms with Gasteiger partial charge in [0, 0.05) is 19.6 Å². The van der Waals surface area contributed by atoms with Crippen LogP contribution in [0.5, 0.6) is 0 Å². The maximum absolute atomic E-state index is 10.6. The lowest BCUT2D eigenvalue weighted by molar-refractivity contribution is -0.156. The standard InChI is InChI=1S/C9H17NO3/c1-7(2)5-10-3-4-13-8(6-10)9(11)12/h7-8H,3-6H2,1-2H3,(H,11,12)/t8-/m1/s1. The molecule has 0 aromatic carbocycles. The molecule has 0 bridgehead atoms. The molecular weight excluding hydrogens is 170 g/mol. The normalized spacial score (nSPS) is 25.0. The molecule has 1 fully saturated rings. The molecule has 0 saturated carbocycles. The molecular formula is C9H17NO3. The zero-order valence-corrected chi connectivity index (χ0v) is 8.19. The van der Waals surface area contributed by atoms with E-state index in [1.165, 1.54) is 0 Å². The Balaban J connectivity index is 2.37. The summed E-state index contributed by atoms with van der Waals surface area (Å²) < 4.78 is 5.11. The van der Waals surface area contributed by atoms with Crippen LogP contribution in [0.1, 0.15) is 13.8 Å². The highest BCUT2D eigenvalue weighted by atomic mass is 16.5. The Bertz CT molecular complexity index is 182. The van der Waals surface area contributed by atoms with Crippen LogP contribution in [-0.4, -0.2) is 48.3 Å². The van der Waals surface area contributed by atoms with Gasteiger partial charge in [-0.05, 0) is 5.92 Å². The van der Waals surface area contributed by atoms with E-state index in [1.54, 1.807) is 0 Å². The van der Waals surface area contributed by atoms with E-state index in [-0.39, 0.29) is 0 Å². The number of nitrogens with zero attached hydrogens (tertiary/aromatic N) is 1. The number of carbonyl (C=O) groups is 1. The molecule has 1 heterocycles. The Kier molecular flexibility index (Phi) is 3.69. The molecule has 0 amide bonds. The molecule has 0 spiro atoms. The lowest BCUT2D eigenvalue weighted by atomic mass is 10.2. The quantitative estimate of drug-likeness (QED) is 0.696. The van der Waals surface area contributed by atoms with E-state index in [4.69, 9.17) is 9.84 Å². The molecule has 4 heteroatoms. The predicted octanol–water partition coefficient (Wildman–Crippen LogP) is 0.428. The zero-order chi connectivity index (χ0) is 9.84. The number of hydrogen-bond donors (Lipinski definition) is 1. The van der Waals surface area contributed by atoms with Crippen LogP contribution in [0, 0.1) is 5.92 Å². The van der Waals surface area contributed by atoms with Gasteiger partial charge < -0.3 is 9.84 Å². The second-order valence-electron chi connectivity index (χ2n) is 3.85. The maximum atomic E-state index is 10.6. The van der Waals surface area contributed by atoms with E-state index in [0.717, 1.165) is 13.1 Å². The first-order chi connectivity index (χ1) is 6.09. The van der Waals surface area contributed by atoms with Gasteiger partial charge in [-0.1, -0.05) is 13.8 Å². The second-order valence-corrected chi connectivity index (χ2v) is 3.85. The van der Waals surface area contributed by atoms with Crippen LogP contribution in [0.25, 0.3) is 0 Å². The number of ether oxygens (including phenoxy) is 1. The van der Waals surface area contributed by atoms with Crippen molar-refractivity contribution in [3.05, 3.63) is 0 Å². The van der Waals surface area contributed by atoms with Crippen molar-refractivity contribution in [1.29, 1.82) is 0 Å². The smallest absolute Gasteiger partial charge is 0.334 e. The number of aliphatic carboxylic acids is 1. The first-order valence-corrected chi connectivity index (χ1v) is 4.66. The summed E-state index contributed by atoms with van der Waals surface area (Å²) >= 11 is 0. The molecule has 0 radical (unpaired) electrons. The van der Waals surface area contributed by atoms with Crippen LogP contribution in [-0.2, 0) is 9.53 Å². The molecule has 1 aliphatic rings. The molecule has 0 aliphatic carbocycles. The fraction of sp³-hybridized carbons (Fsp3) is 0.889. The summed E-state index contributed by atoms with van der Waals surface area (Å²) in [5.74, 6) is -0.277. The summed E-state index contributed by atoms with van der Waals surface area (Å²) in [5.41, 5.74) is 0. The van der Waals surface area contributed by atoms with Gasteiger partial charge in [0.25, 0.3) is 0 Å². The SMILES string of the molecule is CC(C)CN1CCO[C@@H](C(=O)O)C1. The number of hydrogen-bond acceptors (Lipinski definition) is 3. The van der Waals surface area contributed by atoms with Crippen molar-refractivity contribution in [3.8, 4) is 0 Å². The van der Waals surface area contributed by atoms with Gasteiger partial charge >= 0.3 is 5.97 Å². The van der Waals surface area contributed by atoms with E-state index in [0.29, 0.717) is 19.1 Å². The minimum absolute atomic E-state index is 0.521. The number of morpholine rings is 1. The molecule has 0 aromatic heterocycles. The van der Waals surface area contributed by atoms with Gasteiger partial charge in [-0.3, -0.25) is 4.90 Å². The Morgan fingerprint density at radius 2 is 2.38 bits per heavy atom. The third kappa shape index (κ3) is 3.32. The lowest BCUT2D eigenvalue weighted by Crippen LogP contribution is -2.47. The van der Waals surface area contributed by atoms with E-state index < -0.39 is 12.1 Å². The van der Waals surface area contributed by atoms with Crippen molar-refractivity contribution < 1.29 is 14.6 Å². The average molecular weight is 187 g/mol. The Hall–Kier alpha value is -0.610. The first-order valence-electron chi connectivity index (χ1n) is 4.66. The molecule has 0 unspecified atom stereocenters. The van der Waals surface area contributed by atoms with Gasteiger partial charge in [0.2, 0.25) is 0 Å². The highest BCUT2D eigenvalue weighted by Gasteiger charge is 2.25. The van der Waals surface area contributed by atoms with Crippen molar-refractivity contribution in [3.63, 3.8) is 0 Å². The van der Waals surface area contributed by atoms with Crippen molar-refractivity contribution in [2.45, 2.75) is 20.0 Å². The minimum Gasteiger partial charge on any atom is -0.479 e. The van der Waals surface area contributed by atoms with Gasteiger partial charge in [0.05, 0.1) is 6.61 Å². The first kappa shape index (κ1) is 10.5. The third-order valence-electron chi connectivity index (χ3n) is 2.05. The highest BCUT2D eigenvalue weighted by molar-refractivity contribution is 5.72. The molecule has 4 nitrogen and oxygen atoms in total. The maximum Gasteiger partial charge on any atom is 0.334 e. The number of rotatable bonds is 3. The number of carboxylic acids is 1. The van der Waals surface area contributed by atoms with Crippen LogP contribution in [0.2, 0.25) is 0 Å². The van der Waals surface area contributed by atoms with Crippen molar-refractivity contribution >= 4 is 5.97 Å². The van der Waals surface area contributed by atoms with Gasteiger partial charge in [0.1, 0.15) is 0 Å². The molecule has 1 aliphatic heterocycles. The summed E-state index contributed by atoms with van der Waals surface area (Å²) in [6, 6.07) is 0. The highest BCUT2D eigenvalue weighted by Crippen LogP contribution is 2.07. The number of carboxylic acid groups (broad SMARTS) is 1. The van der Waals surface area contributed by atoms with Gasteiger partial charge in [-0.2, -0.15) is 0 Å². The van der Waals surface area contributed by atoms with Gasteiger partial charge in [0.15, 0.2) is 6.10 Å². The predicted molar refractivity (Wildman–Crippen MR) is 48.7 cm³/mol. The minimum atomic E-state index is -0.853. The van der Waals surface area contributed by atoms with Crippen LogP contribution in [0.15, 0.2) is 0 Å². The summed E-state index contributed by atoms with van der Waals surface area (Å²) in [7, 11) is 0. The summed E-state index contributed by atoms with van der Waals surface area (Å²) in [5, 5.41) is 8.74. The summed E-state index contributed by atoms with van der Waals surface area (Å²) in [6.07, 6.45) is -0.632. The molecule has 1 rings (SSSR count). The largest absolute Gasteiger partial charge is 0.479 e.